The average Bonchev–Trinajstić information content (AvgIpc) is 3.14. The average molecular weight is 467 g/mol. The zero-order valence-electron chi connectivity index (χ0n) is 18.6. The van der Waals surface area contributed by atoms with Crippen LogP contribution in [-0.4, -0.2) is 33.7 Å². The van der Waals surface area contributed by atoms with Gasteiger partial charge in [-0.25, -0.2) is 8.42 Å². The third kappa shape index (κ3) is 5.12. The highest BCUT2D eigenvalue weighted by Crippen LogP contribution is 2.31. The van der Waals surface area contributed by atoms with E-state index in [1.165, 1.54) is 4.31 Å². The molecule has 0 aliphatic heterocycles. The number of rotatable bonds is 9. The van der Waals surface area contributed by atoms with Gasteiger partial charge in [0.15, 0.2) is 0 Å². The number of fused-ring (bicyclic) bond motifs is 3. The van der Waals surface area contributed by atoms with E-state index >= 15 is 0 Å². The molecule has 33 heavy (non-hydrogen) atoms. The molecule has 4 rings (SSSR count). The van der Waals surface area contributed by atoms with Gasteiger partial charge in [0.2, 0.25) is 15.9 Å². The van der Waals surface area contributed by atoms with Gasteiger partial charge in [0.1, 0.15) is 16.9 Å². The molecule has 3 aromatic carbocycles. The second-order valence-corrected chi connectivity index (χ2v) is 9.60. The second kappa shape index (κ2) is 9.54. The summed E-state index contributed by atoms with van der Waals surface area (Å²) in [6.07, 6.45) is 1.67. The summed E-state index contributed by atoms with van der Waals surface area (Å²) in [5.41, 5.74) is 2.60. The van der Waals surface area contributed by atoms with Crippen molar-refractivity contribution in [3.63, 3.8) is 0 Å². The Morgan fingerprint density at radius 3 is 2.52 bits per heavy atom. The molecule has 1 heterocycles. The summed E-state index contributed by atoms with van der Waals surface area (Å²) >= 11 is 0. The van der Waals surface area contributed by atoms with Crippen LogP contribution in [-0.2, 0) is 14.8 Å². The number of para-hydroxylation sites is 3. The Morgan fingerprint density at radius 2 is 1.73 bits per heavy atom. The van der Waals surface area contributed by atoms with Crippen molar-refractivity contribution in [1.29, 1.82) is 0 Å². The van der Waals surface area contributed by atoms with Crippen molar-refractivity contribution in [2.75, 3.05) is 29.0 Å². The first-order chi connectivity index (χ1) is 15.9. The second-order valence-electron chi connectivity index (χ2n) is 7.70. The van der Waals surface area contributed by atoms with E-state index in [0.717, 1.165) is 22.6 Å². The van der Waals surface area contributed by atoms with E-state index in [0.29, 0.717) is 35.7 Å². The maximum absolute atomic E-state index is 12.5. The molecule has 0 unspecified atom stereocenters. The molecular weight excluding hydrogens is 440 g/mol. The van der Waals surface area contributed by atoms with Gasteiger partial charge in [-0.2, -0.15) is 0 Å². The number of hydrogen-bond acceptors (Lipinski definition) is 5. The van der Waals surface area contributed by atoms with Gasteiger partial charge in [-0.1, -0.05) is 30.3 Å². The van der Waals surface area contributed by atoms with Crippen LogP contribution in [0.15, 0.2) is 71.1 Å². The first-order valence-electron chi connectivity index (χ1n) is 10.8. The van der Waals surface area contributed by atoms with Crippen molar-refractivity contribution < 1.29 is 22.4 Å². The van der Waals surface area contributed by atoms with Crippen LogP contribution in [0.2, 0.25) is 0 Å². The number of nitrogens with one attached hydrogen (secondary N) is 1. The number of ether oxygens (including phenoxy) is 1. The number of carbonyl (C=O) groups excluding carboxylic acids is 1. The van der Waals surface area contributed by atoms with Crippen molar-refractivity contribution in [1.82, 2.24) is 0 Å². The maximum atomic E-state index is 12.5. The van der Waals surface area contributed by atoms with E-state index in [-0.39, 0.29) is 18.9 Å². The molecule has 7 nitrogen and oxygen atoms in total. The normalized spacial score (nSPS) is 11.6. The lowest BCUT2D eigenvalue weighted by Gasteiger charge is -2.24. The fourth-order valence-electron chi connectivity index (χ4n) is 3.82. The van der Waals surface area contributed by atoms with Gasteiger partial charge >= 0.3 is 0 Å². The summed E-state index contributed by atoms with van der Waals surface area (Å²) in [5, 5.41) is 4.88. The largest absolute Gasteiger partial charge is 0.492 e. The Labute approximate surface area is 193 Å². The number of amides is 1. The number of furan rings is 1. The van der Waals surface area contributed by atoms with Crippen LogP contribution in [0, 0.1) is 0 Å². The summed E-state index contributed by atoms with van der Waals surface area (Å²) < 4.78 is 37.6. The molecule has 1 N–H and O–H groups in total. The molecule has 1 amide bonds. The fourth-order valence-corrected chi connectivity index (χ4v) is 4.78. The third-order valence-corrected chi connectivity index (χ3v) is 6.44. The van der Waals surface area contributed by atoms with E-state index < -0.39 is 10.0 Å². The number of hydrogen-bond donors (Lipinski definition) is 1. The molecule has 0 fully saturated rings. The molecule has 0 atom stereocenters. The predicted molar refractivity (Wildman–Crippen MR) is 131 cm³/mol. The molecule has 0 bridgehead atoms. The lowest BCUT2D eigenvalue weighted by Crippen LogP contribution is -2.31. The van der Waals surface area contributed by atoms with Gasteiger partial charge in [-0.3, -0.25) is 9.10 Å². The van der Waals surface area contributed by atoms with Crippen LogP contribution in [0.1, 0.15) is 19.8 Å². The molecule has 1 aromatic heterocycles. The van der Waals surface area contributed by atoms with Crippen molar-refractivity contribution in [2.24, 2.45) is 0 Å². The molecule has 4 aromatic rings. The Kier molecular flexibility index (Phi) is 6.55. The quantitative estimate of drug-likeness (QED) is 0.368. The molecular formula is C25H26N2O5S. The van der Waals surface area contributed by atoms with Crippen LogP contribution >= 0.6 is 0 Å². The Balaban J connectivity index is 1.42. The molecule has 8 heteroatoms. The number of benzene rings is 3. The summed E-state index contributed by atoms with van der Waals surface area (Å²) in [4.78, 5) is 12.5. The lowest BCUT2D eigenvalue weighted by molar-refractivity contribution is -0.116. The number of anilines is 2. The van der Waals surface area contributed by atoms with Gasteiger partial charge in [0.05, 0.1) is 18.6 Å². The summed E-state index contributed by atoms with van der Waals surface area (Å²) in [5.74, 6) is 0.297. The van der Waals surface area contributed by atoms with E-state index in [4.69, 9.17) is 9.15 Å². The molecule has 0 saturated carbocycles. The smallest absolute Gasteiger partial charge is 0.232 e. The van der Waals surface area contributed by atoms with E-state index in [1.54, 1.807) is 30.3 Å². The van der Waals surface area contributed by atoms with Gasteiger partial charge in [0.25, 0.3) is 0 Å². The van der Waals surface area contributed by atoms with Crippen LogP contribution in [0.3, 0.4) is 0 Å². The summed E-state index contributed by atoms with van der Waals surface area (Å²) in [6.45, 7) is 2.43. The van der Waals surface area contributed by atoms with Crippen LogP contribution in [0.4, 0.5) is 11.4 Å². The van der Waals surface area contributed by atoms with E-state index in [9.17, 15) is 13.2 Å². The molecule has 0 aliphatic rings. The monoisotopic (exact) mass is 466 g/mol. The van der Waals surface area contributed by atoms with Crippen molar-refractivity contribution in [3.8, 4) is 5.75 Å². The highest BCUT2D eigenvalue weighted by molar-refractivity contribution is 7.92. The molecule has 0 spiro atoms. The Morgan fingerprint density at radius 1 is 1.00 bits per heavy atom. The van der Waals surface area contributed by atoms with Crippen LogP contribution in [0.5, 0.6) is 5.75 Å². The maximum Gasteiger partial charge on any atom is 0.232 e. The fraction of sp³-hybridized carbons (Fsp3) is 0.240. The van der Waals surface area contributed by atoms with Gasteiger partial charge in [0, 0.05) is 35.5 Å². The zero-order chi connectivity index (χ0) is 23.4. The van der Waals surface area contributed by atoms with E-state index in [1.807, 2.05) is 43.3 Å². The van der Waals surface area contributed by atoms with Crippen LogP contribution < -0.4 is 14.4 Å². The van der Waals surface area contributed by atoms with Gasteiger partial charge < -0.3 is 14.5 Å². The minimum Gasteiger partial charge on any atom is -0.492 e. The number of nitrogens with zero attached hydrogens (tertiary/aromatic N) is 1. The van der Waals surface area contributed by atoms with Gasteiger partial charge in [-0.05, 0) is 43.7 Å². The Bertz CT molecular complexity index is 1390. The predicted octanol–water partition coefficient (Wildman–Crippen LogP) is 5.17. The molecule has 172 valence electrons. The summed E-state index contributed by atoms with van der Waals surface area (Å²) in [7, 11) is -3.54. The molecule has 0 radical (unpaired) electrons. The minimum absolute atomic E-state index is 0.166. The third-order valence-electron chi connectivity index (χ3n) is 5.26. The van der Waals surface area contributed by atoms with Gasteiger partial charge in [-0.15, -0.1) is 0 Å². The lowest BCUT2D eigenvalue weighted by atomic mass is 10.1. The minimum atomic E-state index is -3.54. The standard InChI is InChI=1S/C25H26N2O5S/c1-3-31-23-12-7-5-10-21(23)27(33(2,29)30)16-8-13-25(28)26-18-14-15-20-19-9-4-6-11-22(19)32-24(20)17-18/h4-7,9-12,14-15,17H,3,8,13,16H2,1-2H3,(H,26,28). The molecule has 0 aliphatic carbocycles. The van der Waals surface area contributed by atoms with Crippen molar-refractivity contribution in [3.05, 3.63) is 66.7 Å². The summed E-state index contributed by atoms with van der Waals surface area (Å²) in [6, 6.07) is 20.3. The number of carbonyl (C=O) groups is 1. The van der Waals surface area contributed by atoms with Crippen molar-refractivity contribution >= 4 is 49.2 Å². The topological polar surface area (TPSA) is 88.8 Å². The first kappa shape index (κ1) is 22.7. The van der Waals surface area contributed by atoms with E-state index in [2.05, 4.69) is 5.32 Å². The molecule has 0 saturated heterocycles. The highest BCUT2D eigenvalue weighted by Gasteiger charge is 2.21. The SMILES string of the molecule is CCOc1ccccc1N(CCCC(=O)Nc1ccc2c(c1)oc1ccccc12)S(C)(=O)=O. The Hall–Kier alpha value is -3.52. The number of sulfonamides is 1. The highest BCUT2D eigenvalue weighted by atomic mass is 32.2. The zero-order valence-corrected chi connectivity index (χ0v) is 19.4. The van der Waals surface area contributed by atoms with Crippen molar-refractivity contribution in [2.45, 2.75) is 19.8 Å². The van der Waals surface area contributed by atoms with Crippen LogP contribution in [0.25, 0.3) is 21.9 Å². The first-order valence-corrected chi connectivity index (χ1v) is 12.6.